The minimum absolute atomic E-state index is 0.262. The summed E-state index contributed by atoms with van der Waals surface area (Å²) in [6, 6.07) is 7.57. The Balaban J connectivity index is 1.65. The van der Waals surface area contributed by atoms with Crippen molar-refractivity contribution in [3.8, 4) is 17.1 Å². The van der Waals surface area contributed by atoms with E-state index in [1.54, 1.807) is 7.11 Å². The highest BCUT2D eigenvalue weighted by Gasteiger charge is 2.30. The van der Waals surface area contributed by atoms with Gasteiger partial charge in [-0.15, -0.1) is 0 Å². The smallest absolute Gasteiger partial charge is 0.241 e. The van der Waals surface area contributed by atoms with E-state index in [0.717, 1.165) is 18.4 Å². The van der Waals surface area contributed by atoms with Crippen LogP contribution in [-0.2, 0) is 6.54 Å². The first kappa shape index (κ1) is 15.0. The van der Waals surface area contributed by atoms with Crippen LogP contribution in [0.4, 0.5) is 0 Å². The highest BCUT2D eigenvalue weighted by molar-refractivity contribution is 5.63. The number of methoxy groups -OCH3 is 1. The molecule has 1 fully saturated rings. The van der Waals surface area contributed by atoms with Crippen LogP contribution in [0, 0.1) is 5.92 Å². The Morgan fingerprint density at radius 2 is 2.18 bits per heavy atom. The van der Waals surface area contributed by atoms with E-state index in [-0.39, 0.29) is 6.10 Å². The van der Waals surface area contributed by atoms with Gasteiger partial charge in [0.15, 0.2) is 0 Å². The van der Waals surface area contributed by atoms with E-state index in [1.807, 2.05) is 36.2 Å². The molecule has 6 nitrogen and oxygen atoms in total. The fraction of sp³-hybridized carbons (Fsp3) is 0.500. The predicted octanol–water partition coefficient (Wildman–Crippen LogP) is 1.95. The van der Waals surface area contributed by atoms with Gasteiger partial charge >= 0.3 is 0 Å². The predicted molar refractivity (Wildman–Crippen MR) is 81.4 cm³/mol. The molecule has 118 valence electrons. The van der Waals surface area contributed by atoms with Crippen LogP contribution in [0.25, 0.3) is 11.4 Å². The molecule has 2 aromatic rings. The largest absolute Gasteiger partial charge is 0.496 e. The van der Waals surface area contributed by atoms with Crippen molar-refractivity contribution in [3.63, 3.8) is 0 Å². The number of ether oxygens (including phenoxy) is 1. The zero-order valence-corrected chi connectivity index (χ0v) is 12.9. The summed E-state index contributed by atoms with van der Waals surface area (Å²) in [6.45, 7) is 1.14. The molecule has 0 radical (unpaired) electrons. The van der Waals surface area contributed by atoms with Crippen LogP contribution in [-0.4, -0.2) is 47.0 Å². The van der Waals surface area contributed by atoms with Crippen molar-refractivity contribution >= 4 is 0 Å². The summed E-state index contributed by atoms with van der Waals surface area (Å²) in [5, 5.41) is 14.0. The Morgan fingerprint density at radius 1 is 1.41 bits per heavy atom. The van der Waals surface area contributed by atoms with Crippen LogP contribution in [0.1, 0.15) is 18.7 Å². The second-order valence-corrected chi connectivity index (χ2v) is 5.81. The highest BCUT2D eigenvalue weighted by atomic mass is 16.5. The van der Waals surface area contributed by atoms with Crippen molar-refractivity contribution in [1.82, 2.24) is 15.0 Å². The Bertz CT molecular complexity index is 625. The quantitative estimate of drug-likeness (QED) is 0.843. The standard InChI is InChI=1S/C16H21N3O3/c1-19(9-13(20)11-7-8-11)10-15-17-16(18-22-15)12-5-3-4-6-14(12)21-2/h3-6,11,13,20H,7-10H2,1-2H3. The third-order valence-electron chi connectivity index (χ3n) is 3.89. The van der Waals surface area contributed by atoms with Gasteiger partial charge in [-0.1, -0.05) is 17.3 Å². The molecule has 1 aromatic carbocycles. The lowest BCUT2D eigenvalue weighted by molar-refractivity contribution is 0.0992. The first-order valence-electron chi connectivity index (χ1n) is 7.50. The monoisotopic (exact) mass is 303 g/mol. The van der Waals surface area contributed by atoms with Gasteiger partial charge in [0.25, 0.3) is 0 Å². The fourth-order valence-corrected chi connectivity index (χ4v) is 2.50. The molecule has 1 aliphatic carbocycles. The van der Waals surface area contributed by atoms with Gasteiger partial charge in [0, 0.05) is 6.54 Å². The molecule has 1 heterocycles. The van der Waals surface area contributed by atoms with Crippen LogP contribution in [0.5, 0.6) is 5.75 Å². The van der Waals surface area contributed by atoms with Crippen molar-refractivity contribution in [2.24, 2.45) is 5.92 Å². The summed E-state index contributed by atoms with van der Waals surface area (Å²) in [4.78, 5) is 6.42. The summed E-state index contributed by atoms with van der Waals surface area (Å²) in [5.74, 6) is 2.23. The first-order chi connectivity index (χ1) is 10.7. The van der Waals surface area contributed by atoms with Gasteiger partial charge in [0.2, 0.25) is 11.7 Å². The van der Waals surface area contributed by atoms with E-state index in [1.165, 1.54) is 0 Å². The van der Waals surface area contributed by atoms with Crippen molar-refractivity contribution in [2.75, 3.05) is 20.7 Å². The molecule has 1 atom stereocenters. The molecule has 0 saturated heterocycles. The summed E-state index contributed by atoms with van der Waals surface area (Å²) >= 11 is 0. The minimum atomic E-state index is -0.262. The van der Waals surface area contributed by atoms with E-state index >= 15 is 0 Å². The number of rotatable bonds is 7. The number of aromatic nitrogens is 2. The van der Waals surface area contributed by atoms with Crippen LogP contribution >= 0.6 is 0 Å². The van der Waals surface area contributed by atoms with Gasteiger partial charge in [-0.05, 0) is 37.9 Å². The number of aliphatic hydroxyl groups excluding tert-OH is 1. The van der Waals surface area contributed by atoms with E-state index < -0.39 is 0 Å². The lowest BCUT2D eigenvalue weighted by Crippen LogP contribution is -2.30. The fourth-order valence-electron chi connectivity index (χ4n) is 2.50. The molecule has 6 heteroatoms. The summed E-state index contributed by atoms with van der Waals surface area (Å²) in [7, 11) is 3.56. The van der Waals surface area contributed by atoms with Gasteiger partial charge in [-0.3, -0.25) is 4.90 Å². The third-order valence-corrected chi connectivity index (χ3v) is 3.89. The topological polar surface area (TPSA) is 71.6 Å². The molecule has 0 amide bonds. The number of hydrogen-bond acceptors (Lipinski definition) is 6. The zero-order chi connectivity index (χ0) is 15.5. The van der Waals surface area contributed by atoms with E-state index in [4.69, 9.17) is 9.26 Å². The van der Waals surface area contributed by atoms with Crippen LogP contribution in [0.3, 0.4) is 0 Å². The molecule has 1 unspecified atom stereocenters. The van der Waals surface area contributed by atoms with Crippen LogP contribution in [0.2, 0.25) is 0 Å². The molecule has 1 N–H and O–H groups in total. The lowest BCUT2D eigenvalue weighted by Gasteiger charge is -2.18. The maximum atomic E-state index is 9.96. The maximum absolute atomic E-state index is 9.96. The van der Waals surface area contributed by atoms with Crippen LogP contribution in [0.15, 0.2) is 28.8 Å². The van der Waals surface area contributed by atoms with Gasteiger partial charge < -0.3 is 14.4 Å². The number of nitrogens with zero attached hydrogens (tertiary/aromatic N) is 3. The molecule has 0 spiro atoms. The number of para-hydroxylation sites is 1. The minimum Gasteiger partial charge on any atom is -0.496 e. The summed E-state index contributed by atoms with van der Waals surface area (Å²) in [5.41, 5.74) is 0.806. The van der Waals surface area contributed by atoms with Gasteiger partial charge in [-0.25, -0.2) is 0 Å². The number of hydrogen-bond donors (Lipinski definition) is 1. The Kier molecular flexibility index (Phi) is 4.40. The van der Waals surface area contributed by atoms with E-state index in [9.17, 15) is 5.11 Å². The molecule has 1 saturated carbocycles. The molecular weight excluding hydrogens is 282 g/mol. The number of benzene rings is 1. The molecule has 1 aromatic heterocycles. The second kappa shape index (κ2) is 6.46. The zero-order valence-electron chi connectivity index (χ0n) is 12.9. The lowest BCUT2D eigenvalue weighted by atomic mass is 10.2. The SMILES string of the molecule is COc1ccccc1-c1noc(CN(C)CC(O)C2CC2)n1. The van der Waals surface area contributed by atoms with Crippen molar-refractivity contribution in [2.45, 2.75) is 25.5 Å². The molecular formula is C16H21N3O3. The first-order valence-corrected chi connectivity index (χ1v) is 7.50. The Morgan fingerprint density at radius 3 is 2.91 bits per heavy atom. The summed E-state index contributed by atoms with van der Waals surface area (Å²) in [6.07, 6.45) is 2.00. The molecule has 0 bridgehead atoms. The molecule has 3 rings (SSSR count). The van der Waals surface area contributed by atoms with E-state index in [2.05, 4.69) is 10.1 Å². The van der Waals surface area contributed by atoms with Crippen molar-refractivity contribution in [3.05, 3.63) is 30.2 Å². The van der Waals surface area contributed by atoms with Gasteiger partial charge in [0.1, 0.15) is 5.75 Å². The van der Waals surface area contributed by atoms with Crippen molar-refractivity contribution in [1.29, 1.82) is 0 Å². The van der Waals surface area contributed by atoms with Crippen molar-refractivity contribution < 1.29 is 14.4 Å². The third kappa shape index (κ3) is 3.45. The molecule has 1 aliphatic rings. The average Bonchev–Trinajstić information content (AvgIpc) is 3.28. The molecule has 0 aliphatic heterocycles. The molecule has 22 heavy (non-hydrogen) atoms. The van der Waals surface area contributed by atoms with Crippen LogP contribution < -0.4 is 4.74 Å². The maximum Gasteiger partial charge on any atom is 0.241 e. The average molecular weight is 303 g/mol. The Hall–Kier alpha value is -1.92. The highest BCUT2D eigenvalue weighted by Crippen LogP contribution is 2.33. The Labute approximate surface area is 129 Å². The normalized spacial score (nSPS) is 16.0. The van der Waals surface area contributed by atoms with Gasteiger partial charge in [-0.2, -0.15) is 4.98 Å². The summed E-state index contributed by atoms with van der Waals surface area (Å²) < 4.78 is 10.6. The number of likely N-dealkylation sites (N-methyl/N-ethyl adjacent to an activating group) is 1. The van der Waals surface area contributed by atoms with Gasteiger partial charge in [0.05, 0.1) is 25.3 Å². The second-order valence-electron chi connectivity index (χ2n) is 5.81. The number of aliphatic hydroxyl groups is 1. The van der Waals surface area contributed by atoms with E-state index in [0.29, 0.717) is 36.5 Å².